The molecular weight excluding hydrogens is 400 g/mol. The minimum Gasteiger partial charge on any atom is -0.493 e. The zero-order valence-electron chi connectivity index (χ0n) is 13.0. The molecular formula is C17H14BrClO5. The lowest BCUT2D eigenvalue weighted by molar-refractivity contribution is -0.136. The van der Waals surface area contributed by atoms with Gasteiger partial charge in [-0.05, 0) is 43.3 Å². The van der Waals surface area contributed by atoms with Gasteiger partial charge in [0.25, 0.3) is 0 Å². The van der Waals surface area contributed by atoms with E-state index in [1.165, 1.54) is 14.0 Å². The lowest BCUT2D eigenvalue weighted by Gasteiger charge is -2.11. The highest BCUT2D eigenvalue weighted by Gasteiger charge is 2.13. The van der Waals surface area contributed by atoms with Crippen LogP contribution in [-0.4, -0.2) is 25.5 Å². The lowest BCUT2D eigenvalue weighted by atomic mass is 10.1. The Morgan fingerprint density at radius 1 is 1.08 bits per heavy atom. The monoisotopic (exact) mass is 412 g/mol. The molecule has 2 aromatic rings. The number of rotatable bonds is 6. The zero-order chi connectivity index (χ0) is 17.7. The summed E-state index contributed by atoms with van der Waals surface area (Å²) in [5.74, 6) is 0.229. The summed E-state index contributed by atoms with van der Waals surface area (Å²) >= 11 is 9.25. The largest absolute Gasteiger partial charge is 0.493 e. The third-order valence-electron chi connectivity index (χ3n) is 3.03. The topological polar surface area (TPSA) is 61.8 Å². The van der Waals surface area contributed by atoms with Crippen LogP contribution < -0.4 is 14.2 Å². The molecule has 0 aliphatic rings. The van der Waals surface area contributed by atoms with Gasteiger partial charge in [-0.25, -0.2) is 4.79 Å². The van der Waals surface area contributed by atoms with E-state index >= 15 is 0 Å². The van der Waals surface area contributed by atoms with Crippen molar-refractivity contribution in [3.05, 3.63) is 51.5 Å². The summed E-state index contributed by atoms with van der Waals surface area (Å²) in [6.07, 6.45) is 0. The molecule has 0 aromatic heterocycles. The molecule has 2 aromatic carbocycles. The van der Waals surface area contributed by atoms with Gasteiger partial charge in [-0.2, -0.15) is 0 Å². The number of Topliss-reactive ketones (excluding diaryl/α,β-unsaturated/α-hetero) is 1. The van der Waals surface area contributed by atoms with E-state index in [2.05, 4.69) is 15.9 Å². The molecule has 0 radical (unpaired) electrons. The maximum atomic E-state index is 11.9. The fraction of sp³-hybridized carbons (Fsp3) is 0.176. The minimum absolute atomic E-state index is 0.0934. The Balaban J connectivity index is 2.02. The van der Waals surface area contributed by atoms with Crippen LogP contribution in [0.25, 0.3) is 0 Å². The summed E-state index contributed by atoms with van der Waals surface area (Å²) in [6.45, 7) is 1.12. The van der Waals surface area contributed by atoms with Gasteiger partial charge in [0.05, 0.1) is 12.1 Å². The molecule has 0 amide bonds. The van der Waals surface area contributed by atoms with Crippen LogP contribution in [0, 0.1) is 0 Å². The number of carbonyl (C=O) groups is 2. The van der Waals surface area contributed by atoms with Crippen LogP contribution in [0.1, 0.15) is 17.3 Å². The van der Waals surface area contributed by atoms with E-state index < -0.39 is 5.97 Å². The molecule has 0 atom stereocenters. The van der Waals surface area contributed by atoms with Crippen LogP contribution in [-0.2, 0) is 4.79 Å². The fourth-order valence-electron chi connectivity index (χ4n) is 1.85. The quantitative estimate of drug-likeness (QED) is 0.401. The number of carbonyl (C=O) groups excluding carboxylic acids is 2. The average Bonchev–Trinajstić information content (AvgIpc) is 2.55. The molecule has 0 N–H and O–H groups in total. The van der Waals surface area contributed by atoms with Gasteiger partial charge in [0.15, 0.2) is 23.9 Å². The Kier molecular flexibility index (Phi) is 6.23. The van der Waals surface area contributed by atoms with E-state index in [9.17, 15) is 9.59 Å². The van der Waals surface area contributed by atoms with Crippen LogP contribution in [0.3, 0.4) is 0 Å². The predicted molar refractivity (Wildman–Crippen MR) is 93.3 cm³/mol. The van der Waals surface area contributed by atoms with Crippen molar-refractivity contribution in [2.75, 3.05) is 13.7 Å². The van der Waals surface area contributed by atoms with Gasteiger partial charge in [0.2, 0.25) is 0 Å². The van der Waals surface area contributed by atoms with Gasteiger partial charge in [0.1, 0.15) is 5.75 Å². The van der Waals surface area contributed by atoms with Gasteiger partial charge in [-0.3, -0.25) is 4.79 Å². The van der Waals surface area contributed by atoms with E-state index in [4.69, 9.17) is 25.8 Å². The van der Waals surface area contributed by atoms with Crippen LogP contribution in [0.4, 0.5) is 0 Å². The third kappa shape index (κ3) is 4.72. The average molecular weight is 414 g/mol. The number of methoxy groups -OCH3 is 1. The summed E-state index contributed by atoms with van der Waals surface area (Å²) in [5, 5.41) is 0.307. The molecule has 0 spiro atoms. The lowest BCUT2D eigenvalue weighted by Crippen LogP contribution is -2.18. The second-order valence-electron chi connectivity index (χ2n) is 4.76. The van der Waals surface area contributed by atoms with Gasteiger partial charge in [-0.15, -0.1) is 0 Å². The van der Waals surface area contributed by atoms with E-state index in [0.29, 0.717) is 22.1 Å². The number of ketones is 1. The molecule has 0 saturated heterocycles. The number of benzene rings is 2. The number of halogens is 2. The van der Waals surface area contributed by atoms with Gasteiger partial charge >= 0.3 is 5.97 Å². The molecule has 5 nitrogen and oxygen atoms in total. The van der Waals surface area contributed by atoms with Gasteiger partial charge in [-0.1, -0.05) is 27.5 Å². The molecule has 0 aliphatic heterocycles. The van der Waals surface area contributed by atoms with Crippen molar-refractivity contribution in [2.24, 2.45) is 0 Å². The molecule has 2 rings (SSSR count). The summed E-state index contributed by atoms with van der Waals surface area (Å²) in [5.41, 5.74) is 0.489. The van der Waals surface area contributed by atoms with Crippen molar-refractivity contribution in [2.45, 2.75) is 6.92 Å². The summed E-state index contributed by atoms with van der Waals surface area (Å²) in [4.78, 5) is 23.2. The highest BCUT2D eigenvalue weighted by atomic mass is 79.9. The third-order valence-corrected chi connectivity index (χ3v) is 3.82. The first-order valence-electron chi connectivity index (χ1n) is 6.88. The second-order valence-corrected chi connectivity index (χ2v) is 6.08. The smallest absolute Gasteiger partial charge is 0.349 e. The zero-order valence-corrected chi connectivity index (χ0v) is 15.3. The van der Waals surface area contributed by atoms with E-state index in [0.717, 1.165) is 4.47 Å². The first kappa shape index (κ1) is 18.3. The standard InChI is InChI=1S/C17H14BrClO5/c1-10(20)11-3-5-15(16(7-11)22-2)23-9-17(21)24-14-6-4-12(18)8-13(14)19/h3-8H,9H2,1-2H3. The second kappa shape index (κ2) is 8.17. The van der Waals surface area contributed by atoms with Crippen LogP contribution >= 0.6 is 27.5 Å². The maximum absolute atomic E-state index is 11.9. The predicted octanol–water partition coefficient (Wildman–Crippen LogP) is 4.30. The highest BCUT2D eigenvalue weighted by Crippen LogP contribution is 2.29. The number of ether oxygens (including phenoxy) is 3. The van der Waals surface area contributed by atoms with Crippen LogP contribution in [0.15, 0.2) is 40.9 Å². The number of esters is 1. The van der Waals surface area contributed by atoms with Crippen molar-refractivity contribution in [3.63, 3.8) is 0 Å². The Bertz CT molecular complexity index is 776. The molecule has 0 saturated carbocycles. The molecule has 24 heavy (non-hydrogen) atoms. The van der Waals surface area contributed by atoms with Crippen LogP contribution in [0.5, 0.6) is 17.2 Å². The first-order valence-corrected chi connectivity index (χ1v) is 8.05. The highest BCUT2D eigenvalue weighted by molar-refractivity contribution is 9.10. The van der Waals surface area contributed by atoms with E-state index in [1.54, 1.807) is 36.4 Å². The first-order chi connectivity index (χ1) is 11.4. The van der Waals surface area contributed by atoms with E-state index in [-0.39, 0.29) is 18.1 Å². The SMILES string of the molecule is COc1cc(C(C)=O)ccc1OCC(=O)Oc1ccc(Br)cc1Cl. The Morgan fingerprint density at radius 3 is 2.42 bits per heavy atom. The minimum atomic E-state index is -0.614. The Hall–Kier alpha value is -2.05. The summed E-state index contributed by atoms with van der Waals surface area (Å²) < 4.78 is 16.5. The summed E-state index contributed by atoms with van der Waals surface area (Å²) in [7, 11) is 1.45. The fourth-order valence-corrected chi connectivity index (χ4v) is 2.56. The van der Waals surface area contributed by atoms with Crippen molar-refractivity contribution >= 4 is 39.3 Å². The Morgan fingerprint density at radius 2 is 1.79 bits per heavy atom. The molecule has 0 fully saturated rings. The van der Waals surface area contributed by atoms with E-state index in [1.807, 2.05) is 0 Å². The van der Waals surface area contributed by atoms with Gasteiger partial charge in [0, 0.05) is 10.0 Å². The molecule has 0 unspecified atom stereocenters. The summed E-state index contributed by atoms with van der Waals surface area (Å²) in [6, 6.07) is 9.61. The van der Waals surface area contributed by atoms with Crippen molar-refractivity contribution in [1.82, 2.24) is 0 Å². The maximum Gasteiger partial charge on any atom is 0.349 e. The molecule has 0 heterocycles. The Labute approximate surface area is 152 Å². The molecule has 126 valence electrons. The molecule has 7 heteroatoms. The normalized spacial score (nSPS) is 10.2. The van der Waals surface area contributed by atoms with Crippen LogP contribution in [0.2, 0.25) is 5.02 Å². The van der Waals surface area contributed by atoms with Crippen molar-refractivity contribution in [1.29, 1.82) is 0 Å². The van der Waals surface area contributed by atoms with Crippen molar-refractivity contribution in [3.8, 4) is 17.2 Å². The van der Waals surface area contributed by atoms with Crippen molar-refractivity contribution < 1.29 is 23.8 Å². The number of hydrogen-bond donors (Lipinski definition) is 0. The molecule has 0 bridgehead atoms. The van der Waals surface area contributed by atoms with Gasteiger partial charge < -0.3 is 14.2 Å². The molecule has 0 aliphatic carbocycles. The number of hydrogen-bond acceptors (Lipinski definition) is 5.